The number of amides is 1. The molecular weight excluding hydrogens is 462 g/mol. The van der Waals surface area contributed by atoms with E-state index in [2.05, 4.69) is 20.6 Å². The van der Waals surface area contributed by atoms with Crippen LogP contribution in [-0.2, 0) is 6.54 Å². The average molecular weight is 486 g/mol. The number of Topliss-reactive ketones (excluding diaryl/α,β-unsaturated/α-hetero) is 1. The Labute approximate surface area is 205 Å². The number of carbonyl (C=O) groups is 2. The van der Waals surface area contributed by atoms with Crippen molar-refractivity contribution in [2.45, 2.75) is 20.4 Å². The third-order valence-corrected chi connectivity index (χ3v) is 6.63. The van der Waals surface area contributed by atoms with Crippen LogP contribution in [0.4, 0.5) is 11.6 Å². The van der Waals surface area contributed by atoms with Crippen LogP contribution in [0.3, 0.4) is 0 Å². The number of anilines is 2. The van der Waals surface area contributed by atoms with Crippen molar-refractivity contribution < 1.29 is 14.0 Å². The lowest BCUT2D eigenvalue weighted by molar-refractivity contribution is 0.100. The van der Waals surface area contributed by atoms with Gasteiger partial charge in [0, 0.05) is 24.7 Å². The smallest absolute Gasteiger partial charge is 0.268 e. The summed E-state index contributed by atoms with van der Waals surface area (Å²) < 4.78 is 7.50. The van der Waals surface area contributed by atoms with Gasteiger partial charge in [-0.3, -0.25) is 14.9 Å². The normalized spacial score (nSPS) is 11.0. The lowest BCUT2D eigenvalue weighted by atomic mass is 10.1. The molecule has 5 aromatic rings. The number of hydrogen-bond acceptors (Lipinski definition) is 7. The van der Waals surface area contributed by atoms with Crippen molar-refractivity contribution in [1.82, 2.24) is 14.5 Å². The van der Waals surface area contributed by atoms with E-state index in [1.54, 1.807) is 31.3 Å². The third kappa shape index (κ3) is 4.71. The van der Waals surface area contributed by atoms with E-state index in [1.165, 1.54) is 11.3 Å². The highest BCUT2D eigenvalue weighted by atomic mass is 32.1. The minimum atomic E-state index is -0.241. The van der Waals surface area contributed by atoms with Gasteiger partial charge in [-0.2, -0.15) is 0 Å². The van der Waals surface area contributed by atoms with Gasteiger partial charge in [0.1, 0.15) is 0 Å². The van der Waals surface area contributed by atoms with Crippen LogP contribution in [0.1, 0.15) is 32.8 Å². The molecule has 0 aliphatic rings. The van der Waals surface area contributed by atoms with E-state index in [0.717, 1.165) is 21.6 Å². The van der Waals surface area contributed by atoms with Crippen molar-refractivity contribution in [3.63, 3.8) is 0 Å². The molecule has 8 nitrogen and oxygen atoms in total. The number of nitrogens with zero attached hydrogens (tertiary/aromatic N) is 3. The van der Waals surface area contributed by atoms with Crippen molar-refractivity contribution in [2.24, 2.45) is 0 Å². The van der Waals surface area contributed by atoms with E-state index in [9.17, 15) is 9.59 Å². The van der Waals surface area contributed by atoms with E-state index >= 15 is 0 Å². The minimum absolute atomic E-state index is 0.00791. The number of thiophene rings is 1. The summed E-state index contributed by atoms with van der Waals surface area (Å²) in [7, 11) is 0. The summed E-state index contributed by atoms with van der Waals surface area (Å²) in [5.41, 5.74) is 3.07. The van der Waals surface area contributed by atoms with E-state index in [0.29, 0.717) is 34.6 Å². The van der Waals surface area contributed by atoms with Gasteiger partial charge < -0.3 is 14.3 Å². The number of hydrogen-bond donors (Lipinski definition) is 2. The number of nitrogens with one attached hydrogen (secondary N) is 2. The largest absolute Gasteiger partial charge is 0.440 e. The number of imidazole rings is 1. The first kappa shape index (κ1) is 22.5. The zero-order valence-electron chi connectivity index (χ0n) is 19.2. The number of carbonyl (C=O) groups excluding carboxylic acids is 2. The third-order valence-electron chi connectivity index (χ3n) is 5.53. The lowest BCUT2D eigenvalue weighted by Crippen LogP contribution is -2.14. The number of aryl methyl sites for hydroxylation is 2. The number of oxazole rings is 1. The summed E-state index contributed by atoms with van der Waals surface area (Å²) in [5.74, 6) is 1.45. The molecule has 1 amide bonds. The number of aromatic nitrogens is 3. The summed E-state index contributed by atoms with van der Waals surface area (Å²) in [6.45, 7) is 4.59. The van der Waals surface area contributed by atoms with Gasteiger partial charge in [-0.05, 0) is 37.3 Å². The van der Waals surface area contributed by atoms with Crippen molar-refractivity contribution in [3.05, 3.63) is 83.2 Å². The van der Waals surface area contributed by atoms with Crippen molar-refractivity contribution in [1.29, 1.82) is 0 Å². The Balaban J connectivity index is 1.32. The number of benzene rings is 2. The first-order chi connectivity index (χ1) is 17.0. The molecule has 0 aliphatic heterocycles. The maximum absolute atomic E-state index is 12.9. The molecule has 2 aromatic carbocycles. The Morgan fingerprint density at radius 3 is 2.66 bits per heavy atom. The molecule has 0 radical (unpaired) electrons. The zero-order chi connectivity index (χ0) is 24.4. The lowest BCUT2D eigenvalue weighted by Gasteiger charge is -2.08. The van der Waals surface area contributed by atoms with Crippen molar-refractivity contribution in [3.8, 4) is 10.6 Å². The Kier molecular flexibility index (Phi) is 6.15. The molecule has 2 N–H and O–H groups in total. The fraction of sp³-hybridized carbons (Fsp3) is 0.154. The summed E-state index contributed by atoms with van der Waals surface area (Å²) in [6.07, 6.45) is 1.65. The van der Waals surface area contributed by atoms with Crippen LogP contribution in [0, 0.1) is 6.92 Å². The second-order valence-corrected chi connectivity index (χ2v) is 8.97. The summed E-state index contributed by atoms with van der Waals surface area (Å²) in [6, 6.07) is 18.5. The minimum Gasteiger partial charge on any atom is -0.440 e. The maximum Gasteiger partial charge on any atom is 0.268 e. The first-order valence-corrected chi connectivity index (χ1v) is 12.0. The van der Waals surface area contributed by atoms with Crippen LogP contribution in [-0.4, -0.2) is 32.8 Å². The molecule has 0 atom stereocenters. The van der Waals surface area contributed by atoms with Crippen LogP contribution in [0.5, 0.6) is 0 Å². The SMILES string of the molecule is CCn1c(NC(=O)c2ccc(-c3cnc(C)o3)s2)nc2cc(NCC(=O)c3ccccc3)ccc21. The quantitative estimate of drug-likeness (QED) is 0.276. The van der Waals surface area contributed by atoms with Crippen LogP contribution < -0.4 is 10.6 Å². The van der Waals surface area contributed by atoms with Gasteiger partial charge in [0.05, 0.1) is 33.5 Å². The van der Waals surface area contributed by atoms with Gasteiger partial charge >= 0.3 is 0 Å². The van der Waals surface area contributed by atoms with Gasteiger partial charge in [-0.15, -0.1) is 11.3 Å². The maximum atomic E-state index is 12.9. The highest BCUT2D eigenvalue weighted by Gasteiger charge is 2.17. The Morgan fingerprint density at radius 1 is 1.09 bits per heavy atom. The van der Waals surface area contributed by atoms with E-state index < -0.39 is 0 Å². The molecule has 0 fully saturated rings. The Hall–Kier alpha value is -4.24. The highest BCUT2D eigenvalue weighted by molar-refractivity contribution is 7.17. The molecule has 3 aromatic heterocycles. The van der Waals surface area contributed by atoms with Crippen LogP contribution >= 0.6 is 11.3 Å². The van der Waals surface area contributed by atoms with Gasteiger partial charge in [0.25, 0.3) is 5.91 Å². The van der Waals surface area contributed by atoms with E-state index in [1.807, 2.05) is 54.0 Å². The standard InChI is InChI=1S/C26H23N5O3S/c1-3-31-20-10-9-18(28-14-21(32)17-7-5-4-6-8-17)13-19(20)29-26(31)30-25(33)24-12-11-23(35-24)22-15-27-16(2)34-22/h4-13,15,28H,3,14H2,1-2H3,(H,29,30,33). The molecule has 0 unspecified atom stereocenters. The van der Waals surface area contributed by atoms with Gasteiger partial charge in [0.15, 0.2) is 17.4 Å². The second kappa shape index (κ2) is 9.55. The monoisotopic (exact) mass is 485 g/mol. The predicted octanol–water partition coefficient (Wildman–Crippen LogP) is 5.63. The number of rotatable bonds is 8. The highest BCUT2D eigenvalue weighted by Crippen LogP contribution is 2.30. The van der Waals surface area contributed by atoms with E-state index in [4.69, 9.17) is 4.42 Å². The molecule has 9 heteroatoms. The van der Waals surface area contributed by atoms with Crippen LogP contribution in [0.25, 0.3) is 21.7 Å². The van der Waals surface area contributed by atoms with Crippen molar-refractivity contribution >= 4 is 45.7 Å². The molecule has 0 aliphatic carbocycles. The second-order valence-electron chi connectivity index (χ2n) is 7.89. The molecule has 3 heterocycles. The Morgan fingerprint density at radius 2 is 1.91 bits per heavy atom. The fourth-order valence-electron chi connectivity index (χ4n) is 3.79. The topological polar surface area (TPSA) is 102 Å². The summed E-state index contributed by atoms with van der Waals surface area (Å²) >= 11 is 1.33. The van der Waals surface area contributed by atoms with Gasteiger partial charge in [-0.1, -0.05) is 30.3 Å². The summed E-state index contributed by atoms with van der Waals surface area (Å²) in [5, 5.41) is 6.10. The predicted molar refractivity (Wildman–Crippen MR) is 137 cm³/mol. The molecule has 0 saturated heterocycles. The Bertz CT molecular complexity index is 1520. The molecular formula is C26H23N5O3S. The number of fused-ring (bicyclic) bond motifs is 1. The average Bonchev–Trinajstić information content (AvgIpc) is 3.60. The first-order valence-electron chi connectivity index (χ1n) is 11.2. The fourth-order valence-corrected chi connectivity index (χ4v) is 4.64. The summed E-state index contributed by atoms with van der Waals surface area (Å²) in [4.78, 5) is 35.5. The zero-order valence-corrected chi connectivity index (χ0v) is 20.1. The molecule has 5 rings (SSSR count). The van der Waals surface area contributed by atoms with Gasteiger partial charge in [0.2, 0.25) is 5.95 Å². The van der Waals surface area contributed by atoms with Crippen LogP contribution in [0.15, 0.2) is 71.3 Å². The molecule has 176 valence electrons. The molecule has 0 bridgehead atoms. The van der Waals surface area contributed by atoms with Crippen LogP contribution in [0.2, 0.25) is 0 Å². The van der Waals surface area contributed by atoms with E-state index in [-0.39, 0.29) is 18.2 Å². The molecule has 0 spiro atoms. The van der Waals surface area contributed by atoms with Gasteiger partial charge in [-0.25, -0.2) is 9.97 Å². The molecule has 0 saturated carbocycles. The molecule has 35 heavy (non-hydrogen) atoms. The number of ketones is 1. The van der Waals surface area contributed by atoms with Crippen molar-refractivity contribution in [2.75, 3.05) is 17.2 Å².